The van der Waals surface area contributed by atoms with Gasteiger partial charge in [-0.05, 0) is 86.4 Å². The molecule has 2 N–H and O–H groups in total. The summed E-state index contributed by atoms with van der Waals surface area (Å²) in [6.07, 6.45) is 5.77. The van der Waals surface area contributed by atoms with Gasteiger partial charge in [0, 0.05) is 54.9 Å². The number of nitrogens with one attached hydrogen (secondary N) is 2. The first-order chi connectivity index (χ1) is 18.5. The second-order valence-electron chi connectivity index (χ2n) is 9.73. The lowest BCUT2D eigenvalue weighted by atomic mass is 9.89. The molecule has 0 aliphatic carbocycles. The minimum absolute atomic E-state index is 0.178. The predicted molar refractivity (Wildman–Crippen MR) is 153 cm³/mol. The van der Waals surface area contributed by atoms with Crippen LogP contribution in [0.3, 0.4) is 0 Å². The Bertz CT molecular complexity index is 1440. The molecule has 8 heteroatoms. The quantitative estimate of drug-likeness (QED) is 0.361. The first kappa shape index (κ1) is 25.5. The monoisotopic (exact) mass is 510 g/mol. The number of piperidine rings is 1. The average Bonchev–Trinajstić information content (AvgIpc) is 3.40. The molecule has 0 radical (unpaired) electrons. The molecule has 0 spiro atoms. The van der Waals surface area contributed by atoms with E-state index in [1.165, 1.54) is 5.56 Å². The van der Waals surface area contributed by atoms with E-state index in [0.29, 0.717) is 17.3 Å². The largest absolute Gasteiger partial charge is 0.344 e. The van der Waals surface area contributed by atoms with Gasteiger partial charge in [-0.25, -0.2) is 9.78 Å². The summed E-state index contributed by atoms with van der Waals surface area (Å²) in [4.78, 5) is 33.9. The summed E-state index contributed by atoms with van der Waals surface area (Å²) in [7, 11) is 3.57. The molecule has 1 fully saturated rings. The van der Waals surface area contributed by atoms with Gasteiger partial charge in [0.15, 0.2) is 0 Å². The number of pyridine rings is 1. The van der Waals surface area contributed by atoms with Gasteiger partial charge in [0.05, 0.1) is 5.52 Å². The van der Waals surface area contributed by atoms with Crippen molar-refractivity contribution >= 4 is 40.0 Å². The average molecular weight is 511 g/mol. The van der Waals surface area contributed by atoms with Crippen molar-refractivity contribution in [2.24, 2.45) is 0 Å². The number of anilines is 3. The molecule has 196 valence electrons. The van der Waals surface area contributed by atoms with Crippen LogP contribution in [0.4, 0.5) is 22.0 Å². The molecule has 0 bridgehead atoms. The van der Waals surface area contributed by atoms with Gasteiger partial charge in [-0.15, -0.1) is 0 Å². The highest BCUT2D eigenvalue weighted by atomic mass is 16.2. The summed E-state index contributed by atoms with van der Waals surface area (Å²) in [5, 5.41) is 6.54. The minimum atomic E-state index is -0.179. The van der Waals surface area contributed by atoms with E-state index in [2.05, 4.69) is 39.6 Å². The summed E-state index contributed by atoms with van der Waals surface area (Å²) >= 11 is 0. The molecule has 2 aromatic carbocycles. The second-order valence-corrected chi connectivity index (χ2v) is 9.73. The summed E-state index contributed by atoms with van der Waals surface area (Å²) < 4.78 is 1.58. The molecule has 38 heavy (non-hydrogen) atoms. The lowest BCUT2D eigenvalue weighted by Crippen LogP contribution is -2.32. The maximum absolute atomic E-state index is 13.0. The number of carbonyl (C=O) groups excluding carboxylic acids is 2. The van der Waals surface area contributed by atoms with Crippen LogP contribution in [0.25, 0.3) is 10.9 Å². The van der Waals surface area contributed by atoms with Crippen LogP contribution in [-0.4, -0.2) is 60.1 Å². The predicted octanol–water partition coefficient (Wildman–Crippen LogP) is 5.44. The Morgan fingerprint density at radius 2 is 1.74 bits per heavy atom. The maximum atomic E-state index is 13.0. The minimum Gasteiger partial charge on any atom is -0.344 e. The Kier molecular flexibility index (Phi) is 7.42. The normalized spacial score (nSPS) is 14.4. The van der Waals surface area contributed by atoms with Gasteiger partial charge in [-0.1, -0.05) is 19.1 Å². The van der Waals surface area contributed by atoms with Crippen LogP contribution in [0.2, 0.25) is 0 Å². The molecule has 3 heterocycles. The van der Waals surface area contributed by atoms with Crippen molar-refractivity contribution in [2.75, 3.05) is 43.9 Å². The Balaban J connectivity index is 1.26. The number of rotatable bonds is 6. The fourth-order valence-corrected chi connectivity index (χ4v) is 5.16. The number of hydrogen-bond donors (Lipinski definition) is 2. The highest BCUT2D eigenvalue weighted by molar-refractivity contribution is 6.04. The number of likely N-dealkylation sites (tertiary alicyclic amines) is 1. The third-order valence-electron chi connectivity index (χ3n) is 7.55. The van der Waals surface area contributed by atoms with E-state index in [4.69, 9.17) is 0 Å². The van der Waals surface area contributed by atoms with Gasteiger partial charge in [0.1, 0.15) is 5.82 Å². The molecule has 0 atom stereocenters. The zero-order valence-corrected chi connectivity index (χ0v) is 22.1. The lowest BCUT2D eigenvalue weighted by molar-refractivity contribution is 0.102. The van der Waals surface area contributed by atoms with Crippen molar-refractivity contribution < 1.29 is 9.59 Å². The number of fused-ring (bicyclic) bond motifs is 1. The molecule has 2 amide bonds. The van der Waals surface area contributed by atoms with Gasteiger partial charge in [0.25, 0.3) is 5.91 Å². The van der Waals surface area contributed by atoms with Crippen LogP contribution < -0.4 is 15.5 Å². The van der Waals surface area contributed by atoms with Crippen LogP contribution in [0.1, 0.15) is 41.6 Å². The third kappa shape index (κ3) is 5.26. The van der Waals surface area contributed by atoms with Gasteiger partial charge in [-0.2, -0.15) is 0 Å². The SMILES string of the molecule is CCN1CCC(c2ccc(C(=O)Nc3cc(N(C)c4ccc5c(ccn5C(=O)NC)c4)ccn3)cc2)CC1. The van der Waals surface area contributed by atoms with Crippen LogP contribution in [0.5, 0.6) is 0 Å². The van der Waals surface area contributed by atoms with Crippen molar-refractivity contribution in [3.05, 3.63) is 84.2 Å². The first-order valence-corrected chi connectivity index (χ1v) is 13.1. The highest BCUT2D eigenvalue weighted by Crippen LogP contribution is 2.30. The van der Waals surface area contributed by atoms with E-state index < -0.39 is 0 Å². The fourth-order valence-electron chi connectivity index (χ4n) is 5.16. The van der Waals surface area contributed by atoms with Crippen LogP contribution in [0, 0.1) is 0 Å². The van der Waals surface area contributed by atoms with Crippen molar-refractivity contribution in [3.8, 4) is 0 Å². The standard InChI is InChI=1S/C30H34N6O2/c1-4-35-16-12-22(13-17-35)21-5-7-23(8-6-21)29(37)33-28-20-26(11-15-32-28)34(3)25-9-10-27-24(19-25)14-18-36(27)30(38)31-2/h5-11,14-15,18-20,22H,4,12-13,16-17H2,1-3H3,(H,31,38)(H,32,33,37). The molecule has 0 saturated carbocycles. The van der Waals surface area contributed by atoms with E-state index in [0.717, 1.165) is 54.8 Å². The van der Waals surface area contributed by atoms with Crippen molar-refractivity contribution in [2.45, 2.75) is 25.7 Å². The summed E-state index contributed by atoms with van der Waals surface area (Å²) in [5.41, 5.74) is 4.60. The van der Waals surface area contributed by atoms with Crippen LogP contribution in [0.15, 0.2) is 73.1 Å². The Morgan fingerprint density at radius 1 is 1.00 bits per heavy atom. The van der Waals surface area contributed by atoms with Gasteiger partial charge < -0.3 is 20.4 Å². The highest BCUT2D eigenvalue weighted by Gasteiger charge is 2.20. The van der Waals surface area contributed by atoms with Gasteiger partial charge >= 0.3 is 6.03 Å². The van der Waals surface area contributed by atoms with Gasteiger partial charge in [0.2, 0.25) is 0 Å². The van der Waals surface area contributed by atoms with E-state index in [-0.39, 0.29) is 11.9 Å². The zero-order chi connectivity index (χ0) is 26.6. The Labute approximate surface area is 223 Å². The number of carbonyl (C=O) groups is 2. The van der Waals surface area contributed by atoms with Crippen LogP contribution in [-0.2, 0) is 0 Å². The molecule has 8 nitrogen and oxygen atoms in total. The van der Waals surface area contributed by atoms with E-state index in [9.17, 15) is 9.59 Å². The van der Waals surface area contributed by atoms with Crippen LogP contribution >= 0.6 is 0 Å². The van der Waals surface area contributed by atoms with E-state index in [1.807, 2.05) is 60.5 Å². The van der Waals surface area contributed by atoms with Gasteiger partial charge in [-0.3, -0.25) is 9.36 Å². The number of hydrogen-bond acceptors (Lipinski definition) is 5. The Hall–Kier alpha value is -4.17. The topological polar surface area (TPSA) is 82.5 Å². The smallest absolute Gasteiger partial charge is 0.325 e. The Morgan fingerprint density at radius 3 is 2.45 bits per heavy atom. The molecule has 5 rings (SSSR count). The second kappa shape index (κ2) is 11.1. The zero-order valence-electron chi connectivity index (χ0n) is 22.1. The number of amides is 2. The number of benzene rings is 2. The summed E-state index contributed by atoms with van der Waals surface area (Å²) in [6.45, 7) is 5.59. The summed E-state index contributed by atoms with van der Waals surface area (Å²) in [5.74, 6) is 0.870. The molecular formula is C30H34N6O2. The summed E-state index contributed by atoms with van der Waals surface area (Å²) in [6, 6.07) is 19.4. The first-order valence-electron chi connectivity index (χ1n) is 13.1. The molecular weight excluding hydrogens is 476 g/mol. The molecule has 2 aromatic heterocycles. The maximum Gasteiger partial charge on any atom is 0.325 e. The van der Waals surface area contributed by atoms with E-state index >= 15 is 0 Å². The van der Waals surface area contributed by atoms with Crippen molar-refractivity contribution in [1.29, 1.82) is 0 Å². The van der Waals surface area contributed by atoms with Crippen molar-refractivity contribution in [3.63, 3.8) is 0 Å². The number of nitrogens with zero attached hydrogens (tertiary/aromatic N) is 4. The van der Waals surface area contributed by atoms with E-state index in [1.54, 1.807) is 24.0 Å². The van der Waals surface area contributed by atoms with Crippen molar-refractivity contribution in [1.82, 2.24) is 19.8 Å². The molecule has 0 unspecified atom stereocenters. The molecule has 1 saturated heterocycles. The fraction of sp³-hybridized carbons (Fsp3) is 0.300. The molecule has 1 aliphatic rings. The number of aromatic nitrogens is 2. The lowest BCUT2D eigenvalue weighted by Gasteiger charge is -2.31. The molecule has 4 aromatic rings. The third-order valence-corrected chi connectivity index (χ3v) is 7.55. The molecule has 1 aliphatic heterocycles.